The fraction of sp³-hybridized carbons (Fsp3) is 0.400. The van der Waals surface area contributed by atoms with Crippen molar-refractivity contribution in [2.45, 2.75) is 46.8 Å². The molecule has 0 unspecified atom stereocenters. The van der Waals surface area contributed by atoms with Gasteiger partial charge in [0.15, 0.2) is 0 Å². The van der Waals surface area contributed by atoms with E-state index in [0.29, 0.717) is 6.04 Å². The van der Waals surface area contributed by atoms with Gasteiger partial charge in [-0.1, -0.05) is 18.2 Å². The molecule has 0 aliphatic carbocycles. The fourth-order valence-corrected chi connectivity index (χ4v) is 3.18. The van der Waals surface area contributed by atoms with E-state index in [4.69, 9.17) is 0 Å². The van der Waals surface area contributed by atoms with Gasteiger partial charge in [0, 0.05) is 49.0 Å². The first-order valence-corrected chi connectivity index (χ1v) is 8.53. The molecule has 0 amide bonds. The zero-order valence-corrected chi connectivity index (χ0v) is 15.2. The number of benzene rings is 1. The first kappa shape index (κ1) is 16.7. The van der Waals surface area contributed by atoms with E-state index in [2.05, 4.69) is 66.9 Å². The maximum Gasteiger partial charge on any atom is 0.0705 e. The Morgan fingerprint density at radius 3 is 2.50 bits per heavy atom. The molecule has 3 aromatic rings. The Morgan fingerprint density at radius 1 is 1.08 bits per heavy atom. The predicted octanol–water partition coefficient (Wildman–Crippen LogP) is 4.00. The Balaban J connectivity index is 1.91. The van der Waals surface area contributed by atoms with Crippen molar-refractivity contribution in [2.24, 2.45) is 7.05 Å². The number of aromatic nitrogens is 3. The Bertz CT molecular complexity index is 843. The van der Waals surface area contributed by atoms with Crippen LogP contribution in [0.25, 0.3) is 10.9 Å². The standard InChI is InChI=1S/C20H26N4/c1-14(2)24(13-19-15(3)22-23(5)16(19)4)12-17-10-11-21-20-9-7-6-8-18(17)20/h6-11,14H,12-13H2,1-5H3. The highest BCUT2D eigenvalue weighted by Gasteiger charge is 2.17. The van der Waals surface area contributed by atoms with Crippen molar-refractivity contribution < 1.29 is 0 Å². The molecule has 0 bridgehead atoms. The van der Waals surface area contributed by atoms with Gasteiger partial charge >= 0.3 is 0 Å². The van der Waals surface area contributed by atoms with Gasteiger partial charge in [0.1, 0.15) is 0 Å². The molecule has 0 aliphatic heterocycles. The van der Waals surface area contributed by atoms with Crippen molar-refractivity contribution in [3.05, 3.63) is 59.0 Å². The van der Waals surface area contributed by atoms with Crippen molar-refractivity contribution in [3.8, 4) is 0 Å². The molecule has 0 fully saturated rings. The summed E-state index contributed by atoms with van der Waals surface area (Å²) in [5.74, 6) is 0. The lowest BCUT2D eigenvalue weighted by atomic mass is 10.1. The van der Waals surface area contributed by atoms with Crippen LogP contribution in [0.15, 0.2) is 36.5 Å². The Hall–Kier alpha value is -2.20. The predicted molar refractivity (Wildman–Crippen MR) is 98.8 cm³/mol. The molecule has 0 N–H and O–H groups in total. The number of rotatable bonds is 5. The van der Waals surface area contributed by atoms with Crippen LogP contribution in [0.2, 0.25) is 0 Å². The van der Waals surface area contributed by atoms with E-state index in [1.54, 1.807) is 0 Å². The highest BCUT2D eigenvalue weighted by molar-refractivity contribution is 5.81. The first-order chi connectivity index (χ1) is 11.5. The van der Waals surface area contributed by atoms with Crippen molar-refractivity contribution >= 4 is 10.9 Å². The Labute approximate surface area is 144 Å². The van der Waals surface area contributed by atoms with Crippen LogP contribution >= 0.6 is 0 Å². The fourth-order valence-electron chi connectivity index (χ4n) is 3.18. The number of pyridine rings is 1. The van der Waals surface area contributed by atoms with Gasteiger partial charge in [-0.3, -0.25) is 14.6 Å². The number of hydrogen-bond acceptors (Lipinski definition) is 3. The van der Waals surface area contributed by atoms with Crippen LogP contribution in [-0.2, 0) is 20.1 Å². The number of para-hydroxylation sites is 1. The third kappa shape index (κ3) is 3.20. The molecule has 2 heterocycles. The average molecular weight is 322 g/mol. The molecule has 2 aromatic heterocycles. The van der Waals surface area contributed by atoms with Gasteiger partial charge in [-0.2, -0.15) is 5.10 Å². The number of fused-ring (bicyclic) bond motifs is 1. The molecular weight excluding hydrogens is 296 g/mol. The minimum atomic E-state index is 0.455. The van der Waals surface area contributed by atoms with Crippen LogP contribution in [0.3, 0.4) is 0 Å². The maximum absolute atomic E-state index is 4.56. The van der Waals surface area contributed by atoms with E-state index in [-0.39, 0.29) is 0 Å². The minimum Gasteiger partial charge on any atom is -0.292 e. The van der Waals surface area contributed by atoms with E-state index >= 15 is 0 Å². The zero-order valence-electron chi connectivity index (χ0n) is 15.2. The highest BCUT2D eigenvalue weighted by atomic mass is 15.3. The Kier molecular flexibility index (Phi) is 4.67. The van der Waals surface area contributed by atoms with Crippen LogP contribution in [0, 0.1) is 13.8 Å². The molecule has 0 saturated carbocycles. The van der Waals surface area contributed by atoms with Crippen molar-refractivity contribution in [2.75, 3.05) is 0 Å². The summed E-state index contributed by atoms with van der Waals surface area (Å²) in [5.41, 5.74) is 6.10. The minimum absolute atomic E-state index is 0.455. The topological polar surface area (TPSA) is 34.0 Å². The Morgan fingerprint density at radius 2 is 1.83 bits per heavy atom. The van der Waals surface area contributed by atoms with Gasteiger partial charge in [0.2, 0.25) is 0 Å². The lowest BCUT2D eigenvalue weighted by Gasteiger charge is -2.27. The summed E-state index contributed by atoms with van der Waals surface area (Å²) in [5, 5.41) is 5.80. The molecule has 0 spiro atoms. The molecule has 0 aliphatic rings. The lowest BCUT2D eigenvalue weighted by molar-refractivity contribution is 0.203. The summed E-state index contributed by atoms with van der Waals surface area (Å²) in [6, 6.07) is 11.0. The molecule has 1 aromatic carbocycles. The summed E-state index contributed by atoms with van der Waals surface area (Å²) >= 11 is 0. The summed E-state index contributed by atoms with van der Waals surface area (Å²) in [6.07, 6.45) is 1.91. The van der Waals surface area contributed by atoms with Crippen LogP contribution in [0.4, 0.5) is 0 Å². The van der Waals surface area contributed by atoms with Crippen LogP contribution in [0.1, 0.15) is 36.4 Å². The van der Waals surface area contributed by atoms with Crippen molar-refractivity contribution in [1.29, 1.82) is 0 Å². The average Bonchev–Trinajstić information content (AvgIpc) is 2.80. The number of aryl methyl sites for hydroxylation is 2. The lowest BCUT2D eigenvalue weighted by Crippen LogP contribution is -2.30. The number of nitrogens with zero attached hydrogens (tertiary/aromatic N) is 4. The van der Waals surface area contributed by atoms with Crippen molar-refractivity contribution in [1.82, 2.24) is 19.7 Å². The van der Waals surface area contributed by atoms with Gasteiger partial charge < -0.3 is 0 Å². The SMILES string of the molecule is Cc1nn(C)c(C)c1CN(Cc1ccnc2ccccc12)C(C)C. The first-order valence-electron chi connectivity index (χ1n) is 8.53. The molecule has 4 heteroatoms. The third-order valence-corrected chi connectivity index (χ3v) is 4.86. The molecular formula is C20H26N4. The molecule has 0 radical (unpaired) electrons. The second-order valence-corrected chi connectivity index (χ2v) is 6.76. The van der Waals surface area contributed by atoms with Gasteiger partial charge in [-0.25, -0.2) is 0 Å². The van der Waals surface area contributed by atoms with Crippen molar-refractivity contribution in [3.63, 3.8) is 0 Å². The van der Waals surface area contributed by atoms with Crippen LogP contribution < -0.4 is 0 Å². The highest BCUT2D eigenvalue weighted by Crippen LogP contribution is 2.22. The molecule has 0 atom stereocenters. The monoisotopic (exact) mass is 322 g/mol. The third-order valence-electron chi connectivity index (χ3n) is 4.86. The zero-order chi connectivity index (χ0) is 17.3. The normalized spacial score (nSPS) is 11.8. The maximum atomic E-state index is 4.56. The quantitative estimate of drug-likeness (QED) is 0.712. The van der Waals surface area contributed by atoms with E-state index in [0.717, 1.165) is 24.3 Å². The van der Waals surface area contributed by atoms with Gasteiger partial charge in [0.05, 0.1) is 11.2 Å². The van der Waals surface area contributed by atoms with Gasteiger partial charge in [0.25, 0.3) is 0 Å². The second-order valence-electron chi connectivity index (χ2n) is 6.76. The van der Waals surface area contributed by atoms with Crippen LogP contribution in [-0.4, -0.2) is 25.7 Å². The molecule has 4 nitrogen and oxygen atoms in total. The molecule has 24 heavy (non-hydrogen) atoms. The number of hydrogen-bond donors (Lipinski definition) is 0. The molecule has 3 rings (SSSR count). The summed E-state index contributed by atoms with van der Waals surface area (Å²) in [7, 11) is 2.02. The summed E-state index contributed by atoms with van der Waals surface area (Å²) in [4.78, 5) is 6.98. The molecule has 0 saturated heterocycles. The van der Waals surface area contributed by atoms with E-state index in [1.165, 1.54) is 22.2 Å². The molecule has 126 valence electrons. The van der Waals surface area contributed by atoms with E-state index in [1.807, 2.05) is 24.0 Å². The second kappa shape index (κ2) is 6.73. The largest absolute Gasteiger partial charge is 0.292 e. The van der Waals surface area contributed by atoms with E-state index in [9.17, 15) is 0 Å². The summed E-state index contributed by atoms with van der Waals surface area (Å²) < 4.78 is 1.98. The van der Waals surface area contributed by atoms with E-state index < -0.39 is 0 Å². The van der Waals surface area contributed by atoms with Crippen LogP contribution in [0.5, 0.6) is 0 Å². The van der Waals surface area contributed by atoms with Gasteiger partial charge in [-0.15, -0.1) is 0 Å². The van der Waals surface area contributed by atoms with Gasteiger partial charge in [-0.05, 0) is 45.4 Å². The smallest absolute Gasteiger partial charge is 0.0705 e. The summed E-state index contributed by atoms with van der Waals surface area (Å²) in [6.45, 7) is 10.6.